The van der Waals surface area contributed by atoms with E-state index < -0.39 is 0 Å². The van der Waals surface area contributed by atoms with Gasteiger partial charge in [-0.1, -0.05) is 66.7 Å². The van der Waals surface area contributed by atoms with E-state index >= 15 is 0 Å². The number of carbonyl (C=O) groups is 1. The Balaban J connectivity index is 1.40. The molecule has 0 unspecified atom stereocenters. The van der Waals surface area contributed by atoms with Gasteiger partial charge in [0, 0.05) is 35.6 Å². The highest BCUT2D eigenvalue weighted by atomic mass is 19.1. The summed E-state index contributed by atoms with van der Waals surface area (Å²) in [5.41, 5.74) is 4.04. The highest BCUT2D eigenvalue weighted by molar-refractivity contribution is 5.85. The van der Waals surface area contributed by atoms with Crippen molar-refractivity contribution in [3.63, 3.8) is 0 Å². The number of nitrogens with one attached hydrogen (secondary N) is 1. The molecule has 0 aliphatic heterocycles. The van der Waals surface area contributed by atoms with Crippen molar-refractivity contribution in [2.24, 2.45) is 0 Å². The first-order chi connectivity index (χ1) is 14.7. The number of rotatable bonds is 8. The number of hydrogen-bond donors (Lipinski definition) is 1. The second-order valence-electron chi connectivity index (χ2n) is 7.48. The van der Waals surface area contributed by atoms with Crippen molar-refractivity contribution in [1.29, 1.82) is 0 Å². The van der Waals surface area contributed by atoms with Crippen LogP contribution >= 0.6 is 0 Å². The number of aromatic nitrogens is 1. The van der Waals surface area contributed by atoms with Gasteiger partial charge in [-0.05, 0) is 36.1 Å². The van der Waals surface area contributed by atoms with E-state index in [1.54, 1.807) is 6.07 Å². The van der Waals surface area contributed by atoms with Crippen LogP contribution in [0.2, 0.25) is 0 Å². The lowest BCUT2D eigenvalue weighted by Crippen LogP contribution is -2.25. The number of amides is 1. The van der Waals surface area contributed by atoms with Gasteiger partial charge in [0.2, 0.25) is 5.91 Å². The summed E-state index contributed by atoms with van der Waals surface area (Å²) >= 11 is 0. The molecule has 0 spiro atoms. The molecule has 4 aromatic rings. The Morgan fingerprint density at radius 2 is 1.57 bits per heavy atom. The van der Waals surface area contributed by atoms with Crippen molar-refractivity contribution < 1.29 is 9.18 Å². The van der Waals surface area contributed by atoms with Crippen molar-refractivity contribution in [3.8, 4) is 0 Å². The Labute approximate surface area is 176 Å². The van der Waals surface area contributed by atoms with Gasteiger partial charge in [-0.3, -0.25) is 4.79 Å². The van der Waals surface area contributed by atoms with Crippen molar-refractivity contribution in [1.82, 2.24) is 9.88 Å². The lowest BCUT2D eigenvalue weighted by Gasteiger charge is -2.06. The lowest BCUT2D eigenvalue weighted by atomic mass is 10.1. The van der Waals surface area contributed by atoms with Gasteiger partial charge in [0.1, 0.15) is 5.82 Å². The fraction of sp³-hybridized carbons (Fsp3) is 0.192. The van der Waals surface area contributed by atoms with Crippen LogP contribution in [0.25, 0.3) is 10.9 Å². The monoisotopic (exact) mass is 400 g/mol. The van der Waals surface area contributed by atoms with Crippen LogP contribution in [-0.4, -0.2) is 17.0 Å². The van der Waals surface area contributed by atoms with E-state index in [0.29, 0.717) is 31.5 Å². The van der Waals surface area contributed by atoms with E-state index in [-0.39, 0.29) is 11.7 Å². The third-order valence-electron chi connectivity index (χ3n) is 5.37. The Bertz CT molecular complexity index is 1130. The molecule has 0 aliphatic carbocycles. The van der Waals surface area contributed by atoms with Crippen LogP contribution in [-0.2, 0) is 24.2 Å². The minimum atomic E-state index is -0.199. The predicted octanol–water partition coefficient (Wildman–Crippen LogP) is 5.12. The molecule has 0 saturated carbocycles. The fourth-order valence-corrected chi connectivity index (χ4v) is 3.79. The first-order valence-corrected chi connectivity index (χ1v) is 10.3. The number of halogens is 1. The smallest absolute Gasteiger partial charge is 0.220 e. The molecule has 0 fully saturated rings. The van der Waals surface area contributed by atoms with E-state index in [9.17, 15) is 9.18 Å². The standard InChI is InChI=1S/C26H25FN2O/c27-24-12-6-4-10-22(24)19-29-18-21(23-11-5-7-13-25(23)29)14-15-26(30)28-17-16-20-8-2-1-3-9-20/h1-13,18H,14-17,19H2,(H,28,30). The van der Waals surface area contributed by atoms with Gasteiger partial charge in [0.05, 0.1) is 6.54 Å². The van der Waals surface area contributed by atoms with E-state index in [1.165, 1.54) is 11.6 Å². The normalized spacial score (nSPS) is 11.0. The molecule has 4 rings (SSSR count). The number of benzene rings is 3. The average Bonchev–Trinajstić information content (AvgIpc) is 3.12. The highest BCUT2D eigenvalue weighted by Crippen LogP contribution is 2.24. The zero-order valence-corrected chi connectivity index (χ0v) is 16.9. The maximum atomic E-state index is 14.1. The Morgan fingerprint density at radius 1 is 0.833 bits per heavy atom. The van der Waals surface area contributed by atoms with Crippen molar-refractivity contribution >= 4 is 16.8 Å². The molecule has 0 bridgehead atoms. The molecule has 4 heteroatoms. The molecule has 1 heterocycles. The second kappa shape index (κ2) is 9.40. The molecule has 3 aromatic carbocycles. The molecule has 152 valence electrons. The summed E-state index contributed by atoms with van der Waals surface area (Å²) in [6.07, 6.45) is 3.97. The van der Waals surface area contributed by atoms with Crippen LogP contribution in [0.4, 0.5) is 4.39 Å². The number of hydrogen-bond acceptors (Lipinski definition) is 1. The first-order valence-electron chi connectivity index (χ1n) is 10.3. The predicted molar refractivity (Wildman–Crippen MR) is 119 cm³/mol. The zero-order chi connectivity index (χ0) is 20.8. The maximum Gasteiger partial charge on any atom is 0.220 e. The molecule has 1 N–H and O–H groups in total. The van der Waals surface area contributed by atoms with Gasteiger partial charge in [-0.15, -0.1) is 0 Å². The zero-order valence-electron chi connectivity index (χ0n) is 16.9. The van der Waals surface area contributed by atoms with Crippen LogP contribution < -0.4 is 5.32 Å². The summed E-state index contributed by atoms with van der Waals surface area (Å²) in [6, 6.07) is 25.1. The third-order valence-corrected chi connectivity index (χ3v) is 5.37. The van der Waals surface area contributed by atoms with Gasteiger partial charge >= 0.3 is 0 Å². The van der Waals surface area contributed by atoms with Gasteiger partial charge in [-0.25, -0.2) is 4.39 Å². The second-order valence-corrected chi connectivity index (χ2v) is 7.48. The van der Waals surface area contributed by atoms with Gasteiger partial charge in [0.25, 0.3) is 0 Å². The molecule has 3 nitrogen and oxygen atoms in total. The Hall–Kier alpha value is -3.40. The largest absolute Gasteiger partial charge is 0.356 e. The van der Waals surface area contributed by atoms with E-state index in [1.807, 2.05) is 54.7 Å². The van der Waals surface area contributed by atoms with Crippen LogP contribution in [0, 0.1) is 5.82 Å². The molecule has 30 heavy (non-hydrogen) atoms. The minimum Gasteiger partial charge on any atom is -0.356 e. The number of nitrogens with zero attached hydrogens (tertiary/aromatic N) is 1. The molecule has 0 aliphatic rings. The van der Waals surface area contributed by atoms with Crippen molar-refractivity contribution in [2.75, 3.05) is 6.54 Å². The van der Waals surface area contributed by atoms with Gasteiger partial charge < -0.3 is 9.88 Å². The van der Waals surface area contributed by atoms with E-state index in [4.69, 9.17) is 0 Å². The summed E-state index contributed by atoms with van der Waals surface area (Å²) in [5.74, 6) is -0.147. The summed E-state index contributed by atoms with van der Waals surface area (Å²) in [4.78, 5) is 12.3. The number of fused-ring (bicyclic) bond motifs is 1. The van der Waals surface area contributed by atoms with E-state index in [0.717, 1.165) is 22.9 Å². The summed E-state index contributed by atoms with van der Waals surface area (Å²) in [6.45, 7) is 1.11. The van der Waals surface area contributed by atoms with Crippen LogP contribution in [0.3, 0.4) is 0 Å². The molecule has 1 amide bonds. The topological polar surface area (TPSA) is 34.0 Å². The van der Waals surface area contributed by atoms with Gasteiger partial charge in [-0.2, -0.15) is 0 Å². The molecular weight excluding hydrogens is 375 g/mol. The quantitative estimate of drug-likeness (QED) is 0.438. The fourth-order valence-electron chi connectivity index (χ4n) is 3.79. The first kappa shape index (κ1) is 19.9. The molecule has 0 atom stereocenters. The maximum absolute atomic E-state index is 14.1. The number of aryl methyl sites for hydroxylation is 1. The molecule has 1 aromatic heterocycles. The summed E-state index contributed by atoms with van der Waals surface area (Å²) < 4.78 is 16.2. The molecule has 0 radical (unpaired) electrons. The van der Waals surface area contributed by atoms with Crippen molar-refractivity contribution in [2.45, 2.75) is 25.8 Å². The third kappa shape index (κ3) is 4.77. The SMILES string of the molecule is O=C(CCc1cn(Cc2ccccc2F)c2ccccc12)NCCc1ccccc1. The van der Waals surface area contributed by atoms with Crippen LogP contribution in [0.5, 0.6) is 0 Å². The average molecular weight is 400 g/mol. The number of carbonyl (C=O) groups excluding carboxylic acids is 1. The van der Waals surface area contributed by atoms with Crippen LogP contribution in [0.15, 0.2) is 85.1 Å². The molecule has 0 saturated heterocycles. The van der Waals surface area contributed by atoms with Gasteiger partial charge in [0.15, 0.2) is 0 Å². The molecular formula is C26H25FN2O. The minimum absolute atomic E-state index is 0.0527. The number of para-hydroxylation sites is 1. The summed E-state index contributed by atoms with van der Waals surface area (Å²) in [7, 11) is 0. The lowest BCUT2D eigenvalue weighted by molar-refractivity contribution is -0.121. The Morgan fingerprint density at radius 3 is 2.40 bits per heavy atom. The van der Waals surface area contributed by atoms with E-state index in [2.05, 4.69) is 28.1 Å². The summed E-state index contributed by atoms with van der Waals surface area (Å²) in [5, 5.41) is 4.12. The van der Waals surface area contributed by atoms with Crippen molar-refractivity contribution in [3.05, 3.63) is 108 Å². The van der Waals surface area contributed by atoms with Crippen LogP contribution in [0.1, 0.15) is 23.1 Å². The highest BCUT2D eigenvalue weighted by Gasteiger charge is 2.11. The Kier molecular flexibility index (Phi) is 6.23.